The summed E-state index contributed by atoms with van der Waals surface area (Å²) in [6.07, 6.45) is 1.72. The van der Waals surface area contributed by atoms with E-state index in [0.29, 0.717) is 17.1 Å². The van der Waals surface area contributed by atoms with E-state index in [1.54, 1.807) is 24.3 Å². The topological polar surface area (TPSA) is 52.6 Å². The van der Waals surface area contributed by atoms with Gasteiger partial charge in [0.2, 0.25) is 5.78 Å². The smallest absolute Gasteiger partial charge is 0.308 e. The first-order valence-electron chi connectivity index (χ1n) is 8.11. The van der Waals surface area contributed by atoms with Crippen LogP contribution in [-0.2, 0) is 10.2 Å². The van der Waals surface area contributed by atoms with Gasteiger partial charge in [0.15, 0.2) is 5.76 Å². The molecule has 0 atom stereocenters. The molecule has 0 unspecified atom stereocenters. The number of fused-ring (bicyclic) bond motifs is 1. The molecule has 2 aromatic carbocycles. The number of esters is 1. The maximum Gasteiger partial charge on any atom is 0.308 e. The van der Waals surface area contributed by atoms with Gasteiger partial charge in [-0.2, -0.15) is 0 Å². The highest BCUT2D eigenvalue weighted by Gasteiger charge is 2.28. The molecule has 0 aromatic heterocycles. The second kappa shape index (κ2) is 6.20. The average molecular weight is 336 g/mol. The van der Waals surface area contributed by atoms with Gasteiger partial charge in [0.1, 0.15) is 11.5 Å². The van der Waals surface area contributed by atoms with Crippen LogP contribution in [0.15, 0.2) is 48.2 Å². The van der Waals surface area contributed by atoms with Crippen molar-refractivity contribution < 1.29 is 19.1 Å². The Hall–Kier alpha value is -2.88. The normalized spacial score (nSPS) is 15.0. The Kier molecular flexibility index (Phi) is 4.21. The summed E-state index contributed by atoms with van der Waals surface area (Å²) in [7, 11) is 0. The number of allylic oxidation sites excluding steroid dienone is 1. The van der Waals surface area contributed by atoms with Crippen molar-refractivity contribution in [2.45, 2.75) is 33.1 Å². The number of Topliss-reactive ketones (excluding diaryl/α,β-unsaturated/α-hetero) is 1. The van der Waals surface area contributed by atoms with E-state index in [1.165, 1.54) is 12.5 Å². The largest absolute Gasteiger partial charge is 0.452 e. The van der Waals surface area contributed by atoms with Gasteiger partial charge in [-0.1, -0.05) is 45.0 Å². The molecular weight excluding hydrogens is 316 g/mol. The quantitative estimate of drug-likeness (QED) is 0.459. The van der Waals surface area contributed by atoms with Crippen molar-refractivity contribution in [3.05, 3.63) is 64.9 Å². The van der Waals surface area contributed by atoms with E-state index in [1.807, 2.05) is 12.1 Å². The van der Waals surface area contributed by atoms with E-state index in [-0.39, 0.29) is 17.0 Å². The number of rotatable bonds is 2. The van der Waals surface area contributed by atoms with E-state index in [4.69, 9.17) is 9.47 Å². The van der Waals surface area contributed by atoms with Crippen LogP contribution in [0.25, 0.3) is 6.08 Å². The highest BCUT2D eigenvalue weighted by molar-refractivity contribution is 6.14. The number of hydrogen-bond donors (Lipinski definition) is 0. The van der Waals surface area contributed by atoms with E-state index in [2.05, 4.69) is 32.9 Å². The average Bonchev–Trinajstić information content (AvgIpc) is 2.82. The van der Waals surface area contributed by atoms with Crippen molar-refractivity contribution in [3.63, 3.8) is 0 Å². The van der Waals surface area contributed by atoms with Crippen molar-refractivity contribution >= 4 is 17.8 Å². The first-order valence-corrected chi connectivity index (χ1v) is 8.11. The fourth-order valence-corrected chi connectivity index (χ4v) is 2.63. The summed E-state index contributed by atoms with van der Waals surface area (Å²) < 4.78 is 10.7. The highest BCUT2D eigenvalue weighted by Crippen LogP contribution is 2.35. The van der Waals surface area contributed by atoms with Crippen LogP contribution in [-0.4, -0.2) is 11.8 Å². The summed E-state index contributed by atoms with van der Waals surface area (Å²) in [5, 5.41) is 0. The van der Waals surface area contributed by atoms with Gasteiger partial charge < -0.3 is 9.47 Å². The summed E-state index contributed by atoms with van der Waals surface area (Å²) in [6, 6.07) is 12.8. The molecule has 0 bridgehead atoms. The van der Waals surface area contributed by atoms with Crippen LogP contribution >= 0.6 is 0 Å². The zero-order valence-electron chi connectivity index (χ0n) is 14.8. The summed E-state index contributed by atoms with van der Waals surface area (Å²) >= 11 is 0. The first-order chi connectivity index (χ1) is 11.7. The maximum atomic E-state index is 12.5. The lowest BCUT2D eigenvalue weighted by Gasteiger charge is -2.18. The van der Waals surface area contributed by atoms with Crippen molar-refractivity contribution in [3.8, 4) is 11.5 Å². The van der Waals surface area contributed by atoms with Gasteiger partial charge in [0.05, 0.1) is 5.56 Å². The Labute approximate surface area is 147 Å². The third-order valence-corrected chi connectivity index (χ3v) is 3.98. The zero-order valence-corrected chi connectivity index (χ0v) is 14.8. The Morgan fingerprint density at radius 3 is 2.36 bits per heavy atom. The number of carbonyl (C=O) groups excluding carboxylic acids is 2. The minimum atomic E-state index is -0.418. The van der Waals surface area contributed by atoms with Gasteiger partial charge in [-0.05, 0) is 34.8 Å². The van der Waals surface area contributed by atoms with Crippen LogP contribution in [0.4, 0.5) is 0 Å². The summed E-state index contributed by atoms with van der Waals surface area (Å²) in [5.41, 5.74) is 2.66. The summed E-state index contributed by atoms with van der Waals surface area (Å²) in [6.45, 7) is 7.79. The Morgan fingerprint density at radius 1 is 1.08 bits per heavy atom. The molecule has 3 rings (SSSR count). The number of ketones is 1. The van der Waals surface area contributed by atoms with E-state index >= 15 is 0 Å². The molecule has 0 amide bonds. The molecule has 1 heterocycles. The number of ether oxygens (including phenoxy) is 2. The molecule has 25 heavy (non-hydrogen) atoms. The van der Waals surface area contributed by atoms with E-state index in [9.17, 15) is 9.59 Å². The van der Waals surface area contributed by atoms with Crippen molar-refractivity contribution in [2.24, 2.45) is 0 Å². The van der Waals surface area contributed by atoms with Gasteiger partial charge >= 0.3 is 5.97 Å². The van der Waals surface area contributed by atoms with Gasteiger partial charge in [-0.25, -0.2) is 0 Å². The molecule has 4 nitrogen and oxygen atoms in total. The molecule has 0 fully saturated rings. The molecule has 0 spiro atoms. The fourth-order valence-electron chi connectivity index (χ4n) is 2.63. The molecule has 0 aliphatic carbocycles. The lowest BCUT2D eigenvalue weighted by molar-refractivity contribution is -0.131. The summed E-state index contributed by atoms with van der Waals surface area (Å²) in [4.78, 5) is 23.5. The van der Waals surface area contributed by atoms with Crippen LogP contribution in [0, 0.1) is 0 Å². The van der Waals surface area contributed by atoms with Crippen molar-refractivity contribution in [1.29, 1.82) is 0 Å². The van der Waals surface area contributed by atoms with Crippen LogP contribution in [0.5, 0.6) is 11.5 Å². The molecule has 2 aromatic rings. The van der Waals surface area contributed by atoms with E-state index < -0.39 is 5.97 Å². The molecule has 4 heteroatoms. The molecular formula is C21H20O4. The standard InChI is InChI=1S/C21H20O4/c1-13(22)24-16-9-10-17-18(12-16)25-19(20(17)23)11-14-5-7-15(8-6-14)21(2,3)4/h5-12H,1-4H3. The minimum absolute atomic E-state index is 0.0781. The van der Waals surface area contributed by atoms with Gasteiger partial charge in [0, 0.05) is 13.0 Å². The molecule has 1 aliphatic rings. The van der Waals surface area contributed by atoms with Gasteiger partial charge in [-0.3, -0.25) is 9.59 Å². The van der Waals surface area contributed by atoms with Gasteiger partial charge in [0.25, 0.3) is 0 Å². The summed E-state index contributed by atoms with van der Waals surface area (Å²) in [5.74, 6) is 0.429. The first kappa shape index (κ1) is 17.0. The number of benzene rings is 2. The monoisotopic (exact) mass is 336 g/mol. The van der Waals surface area contributed by atoms with Crippen molar-refractivity contribution in [1.82, 2.24) is 0 Å². The molecule has 128 valence electrons. The predicted octanol–water partition coefficient (Wildman–Crippen LogP) is 4.53. The van der Waals surface area contributed by atoms with Crippen LogP contribution < -0.4 is 9.47 Å². The number of carbonyl (C=O) groups is 2. The second-order valence-corrected chi connectivity index (χ2v) is 7.06. The van der Waals surface area contributed by atoms with Crippen molar-refractivity contribution in [2.75, 3.05) is 0 Å². The fraction of sp³-hybridized carbons (Fsp3) is 0.238. The third kappa shape index (κ3) is 3.63. The lowest BCUT2D eigenvalue weighted by Crippen LogP contribution is -2.10. The van der Waals surface area contributed by atoms with E-state index in [0.717, 1.165) is 5.56 Å². The van der Waals surface area contributed by atoms with Gasteiger partial charge in [-0.15, -0.1) is 0 Å². The zero-order chi connectivity index (χ0) is 18.2. The van der Waals surface area contributed by atoms with Crippen LogP contribution in [0.2, 0.25) is 0 Å². The SMILES string of the molecule is CC(=O)Oc1ccc2c(c1)OC(=Cc1ccc(C(C)(C)C)cc1)C2=O. The Balaban J connectivity index is 1.85. The molecule has 0 saturated heterocycles. The van der Waals surface area contributed by atoms with Crippen LogP contribution in [0.3, 0.4) is 0 Å². The number of hydrogen-bond acceptors (Lipinski definition) is 4. The lowest BCUT2D eigenvalue weighted by atomic mass is 9.86. The Morgan fingerprint density at radius 2 is 1.76 bits per heavy atom. The molecule has 0 saturated carbocycles. The molecule has 1 aliphatic heterocycles. The minimum Gasteiger partial charge on any atom is -0.452 e. The molecule has 0 N–H and O–H groups in total. The predicted molar refractivity (Wildman–Crippen MR) is 95.8 cm³/mol. The van der Waals surface area contributed by atoms with Crippen LogP contribution in [0.1, 0.15) is 49.2 Å². The molecule has 0 radical (unpaired) electrons. The second-order valence-electron chi connectivity index (χ2n) is 7.06. The highest BCUT2D eigenvalue weighted by atomic mass is 16.5. The maximum absolute atomic E-state index is 12.5. The Bertz CT molecular complexity index is 868. The third-order valence-electron chi connectivity index (χ3n) is 3.98.